The van der Waals surface area contributed by atoms with Gasteiger partial charge in [-0.05, 0) is 11.9 Å². The van der Waals surface area contributed by atoms with E-state index >= 15 is 0 Å². The van der Waals surface area contributed by atoms with Crippen LogP contribution in [0.4, 0.5) is 4.79 Å². The highest BCUT2D eigenvalue weighted by atomic mass is 35.5. The predicted molar refractivity (Wildman–Crippen MR) is 96.5 cm³/mol. The molecule has 0 aromatic carbocycles. The molecule has 0 atom stereocenters. The van der Waals surface area contributed by atoms with Gasteiger partial charge in [0.15, 0.2) is 0 Å². The van der Waals surface area contributed by atoms with Crippen molar-refractivity contribution < 1.29 is 4.79 Å². The number of rotatable bonds is 8. The summed E-state index contributed by atoms with van der Waals surface area (Å²) >= 11 is 20.1. The number of thioether (sulfide) groups is 2. The minimum atomic E-state index is -0.100. The fraction of sp³-hybridized carbons (Fsp3) is 0.400. The van der Waals surface area contributed by atoms with Crippen LogP contribution < -0.4 is 10.0 Å². The third-order valence-corrected chi connectivity index (χ3v) is 5.08. The largest absolute Gasteiger partial charge is 0.366 e. The number of hydrogen-bond acceptors (Lipinski definition) is 5. The maximum Gasteiger partial charge on any atom is 0.288 e. The van der Waals surface area contributed by atoms with Crippen LogP contribution in [0.25, 0.3) is 0 Å². The summed E-state index contributed by atoms with van der Waals surface area (Å²) in [4.78, 5) is 11.4. The van der Waals surface area contributed by atoms with Gasteiger partial charge in [-0.25, -0.2) is 0 Å². The zero-order valence-corrected chi connectivity index (χ0v) is 14.8. The number of carbonyl (C=O) groups excluding carboxylic acids is 1. The molecular weight excluding hydrogens is 363 g/mol. The van der Waals surface area contributed by atoms with Gasteiger partial charge in [0.2, 0.25) is 0 Å². The molecule has 1 amide bonds. The average Bonchev–Trinajstić information content (AvgIpc) is 2.31. The summed E-state index contributed by atoms with van der Waals surface area (Å²) in [7, 11) is 0. The lowest BCUT2D eigenvalue weighted by Crippen LogP contribution is -2.20. The fourth-order valence-corrected chi connectivity index (χ4v) is 3.21. The van der Waals surface area contributed by atoms with Gasteiger partial charge in [0.25, 0.3) is 5.24 Å². The van der Waals surface area contributed by atoms with Crippen LogP contribution in [0.3, 0.4) is 0 Å². The van der Waals surface area contributed by atoms with Crippen LogP contribution in [-0.2, 0) is 0 Å². The van der Waals surface area contributed by atoms with Crippen molar-refractivity contribution in [1.82, 2.24) is 10.0 Å². The van der Waals surface area contributed by atoms with Crippen LogP contribution in [0.2, 0.25) is 0 Å². The maximum absolute atomic E-state index is 11.4. The molecule has 19 heavy (non-hydrogen) atoms. The lowest BCUT2D eigenvalue weighted by Gasteiger charge is -2.06. The second-order valence-corrected chi connectivity index (χ2v) is 7.74. The zero-order chi connectivity index (χ0) is 14.7. The van der Waals surface area contributed by atoms with Gasteiger partial charge >= 0.3 is 0 Å². The van der Waals surface area contributed by atoms with Crippen molar-refractivity contribution in [3.8, 4) is 0 Å². The van der Waals surface area contributed by atoms with Crippen LogP contribution in [0.1, 0.15) is 0 Å². The molecule has 2 N–H and O–H groups in total. The molecule has 9 heteroatoms. The molecule has 0 fully saturated rings. The zero-order valence-electron chi connectivity index (χ0n) is 10.0. The first-order chi connectivity index (χ1) is 8.91. The molecule has 0 aliphatic heterocycles. The predicted octanol–water partition coefficient (Wildman–Crippen LogP) is 4.19. The van der Waals surface area contributed by atoms with Crippen molar-refractivity contribution in [1.29, 1.82) is 0 Å². The average molecular weight is 377 g/mol. The van der Waals surface area contributed by atoms with Gasteiger partial charge in [0.1, 0.15) is 4.32 Å². The summed E-state index contributed by atoms with van der Waals surface area (Å²) in [5.41, 5.74) is 0. The van der Waals surface area contributed by atoms with E-state index in [0.717, 1.165) is 5.75 Å². The second kappa shape index (κ2) is 12.2. The van der Waals surface area contributed by atoms with Gasteiger partial charge < -0.3 is 5.32 Å². The normalized spacial score (nSPS) is 9.79. The first kappa shape index (κ1) is 19.5. The van der Waals surface area contributed by atoms with Crippen molar-refractivity contribution in [2.75, 3.05) is 23.8 Å². The van der Waals surface area contributed by atoms with E-state index in [1.807, 2.05) is 0 Å². The number of amides is 1. The summed E-state index contributed by atoms with van der Waals surface area (Å²) < 4.78 is 3.30. The minimum Gasteiger partial charge on any atom is -0.366 e. The topological polar surface area (TPSA) is 41.1 Å². The number of carbonyl (C=O) groups is 1. The molecule has 0 radical (unpaired) electrons. The Balaban J connectivity index is 3.47. The Hall–Kier alpha value is 0.470. The lowest BCUT2D eigenvalue weighted by atomic mass is 10.6. The minimum absolute atomic E-state index is 0.100. The Labute approximate surface area is 141 Å². The molecule has 0 spiro atoms. The highest BCUT2D eigenvalue weighted by molar-refractivity contribution is 8.23. The molecule has 0 saturated carbocycles. The van der Waals surface area contributed by atoms with Crippen LogP contribution in [0.5, 0.6) is 0 Å². The summed E-state index contributed by atoms with van der Waals surface area (Å²) in [6.45, 7) is 7.53. The van der Waals surface area contributed by atoms with Crippen molar-refractivity contribution in [3.05, 3.63) is 23.2 Å². The Morgan fingerprint density at radius 3 is 2.37 bits per heavy atom. The van der Waals surface area contributed by atoms with E-state index in [9.17, 15) is 4.79 Å². The van der Waals surface area contributed by atoms with E-state index in [4.69, 9.17) is 35.4 Å². The van der Waals surface area contributed by atoms with Crippen LogP contribution >= 0.6 is 70.9 Å². The van der Waals surface area contributed by atoms with Crippen LogP contribution in [0.15, 0.2) is 23.2 Å². The van der Waals surface area contributed by atoms with Crippen molar-refractivity contribution in [2.24, 2.45) is 0 Å². The lowest BCUT2D eigenvalue weighted by molar-refractivity contribution is 0.265. The summed E-state index contributed by atoms with van der Waals surface area (Å²) in [6.07, 6.45) is 0. The molecule has 108 valence electrons. The Bertz CT molecular complexity index is 352. The van der Waals surface area contributed by atoms with E-state index in [-0.39, 0.29) is 5.24 Å². The molecular formula is C10H14Cl2N2OS4. The van der Waals surface area contributed by atoms with E-state index in [2.05, 4.69) is 23.2 Å². The molecule has 0 rings (SSSR count). The van der Waals surface area contributed by atoms with Crippen LogP contribution in [-0.4, -0.2) is 33.4 Å². The molecule has 3 nitrogen and oxygen atoms in total. The number of thiocarbonyl (C=S) groups is 1. The van der Waals surface area contributed by atoms with E-state index in [1.54, 1.807) is 0 Å². The van der Waals surface area contributed by atoms with Crippen molar-refractivity contribution >= 4 is 80.5 Å². The number of hydrogen-bond donors (Lipinski definition) is 2. The summed E-state index contributed by atoms with van der Waals surface area (Å²) in [5, 5.41) is 3.85. The van der Waals surface area contributed by atoms with Crippen LogP contribution in [0, 0.1) is 0 Å². The molecule has 0 heterocycles. The highest BCUT2D eigenvalue weighted by Crippen LogP contribution is 2.12. The fourth-order valence-electron chi connectivity index (χ4n) is 0.691. The Kier molecular flexibility index (Phi) is 12.5. The standard InChI is InChI=1S/C10H14Cl2N2OS4/c1-7(11)5-13-10(16)18-4-3-17-9(15)14-19-6-8(2)12/h1-6H2,(H,13,16)(H,14,15). The molecule has 0 bridgehead atoms. The summed E-state index contributed by atoms with van der Waals surface area (Å²) in [6, 6.07) is 0. The molecule has 0 aromatic rings. The quantitative estimate of drug-likeness (QED) is 0.376. The molecule has 0 aliphatic carbocycles. The first-order valence-corrected chi connectivity index (χ1v) is 9.15. The van der Waals surface area contributed by atoms with E-state index < -0.39 is 0 Å². The molecule has 0 aromatic heterocycles. The Morgan fingerprint density at radius 1 is 1.16 bits per heavy atom. The number of nitrogens with one attached hydrogen (secondary N) is 2. The molecule has 0 aliphatic rings. The third-order valence-electron chi connectivity index (χ3n) is 1.36. The second-order valence-electron chi connectivity index (χ2n) is 3.05. The van der Waals surface area contributed by atoms with Crippen molar-refractivity contribution in [2.45, 2.75) is 0 Å². The van der Waals surface area contributed by atoms with Gasteiger partial charge in [0, 0.05) is 27.3 Å². The van der Waals surface area contributed by atoms with Gasteiger partial charge in [-0.1, -0.05) is 72.1 Å². The van der Waals surface area contributed by atoms with Gasteiger partial charge in [-0.15, -0.1) is 0 Å². The molecule has 0 saturated heterocycles. The van der Waals surface area contributed by atoms with E-state index in [1.165, 1.54) is 35.5 Å². The third kappa shape index (κ3) is 14.7. The van der Waals surface area contributed by atoms with Gasteiger partial charge in [-0.2, -0.15) is 0 Å². The smallest absolute Gasteiger partial charge is 0.288 e. The highest BCUT2D eigenvalue weighted by Gasteiger charge is 2.03. The SMILES string of the molecule is C=C(Cl)CNC(=S)SCCSC(=O)NSCC(=C)Cl. The molecule has 0 unspecified atom stereocenters. The van der Waals surface area contributed by atoms with Gasteiger partial charge in [0.05, 0.1) is 6.54 Å². The van der Waals surface area contributed by atoms with Crippen molar-refractivity contribution in [3.63, 3.8) is 0 Å². The van der Waals surface area contributed by atoms with E-state index in [0.29, 0.717) is 32.4 Å². The maximum atomic E-state index is 11.4. The monoisotopic (exact) mass is 376 g/mol. The Morgan fingerprint density at radius 2 is 1.79 bits per heavy atom. The van der Waals surface area contributed by atoms with Gasteiger partial charge in [-0.3, -0.25) is 9.52 Å². The number of halogens is 2. The summed E-state index contributed by atoms with van der Waals surface area (Å²) in [5.74, 6) is 1.91. The first-order valence-electron chi connectivity index (χ1n) is 5.03.